The van der Waals surface area contributed by atoms with Gasteiger partial charge < -0.3 is 9.84 Å². The van der Waals surface area contributed by atoms with Crippen molar-refractivity contribution >= 4 is 17.0 Å². The first kappa shape index (κ1) is 17.6. The molecule has 2 aromatic carbocycles. The lowest BCUT2D eigenvalue weighted by atomic mass is 10.0. The molecule has 2 atom stereocenters. The number of carbonyl (C=O) groups excluding carboxylic acids is 1. The molecule has 0 spiro atoms. The van der Waals surface area contributed by atoms with Crippen molar-refractivity contribution in [1.29, 1.82) is 0 Å². The number of fused-ring (bicyclic) bond motifs is 1. The van der Waals surface area contributed by atoms with E-state index in [1.54, 1.807) is 12.1 Å². The van der Waals surface area contributed by atoms with Crippen LogP contribution in [0.3, 0.4) is 0 Å². The fraction of sp³-hybridized carbons (Fsp3) is 0.318. The van der Waals surface area contributed by atoms with Crippen LogP contribution in [0.5, 0.6) is 0 Å². The SMILES string of the molecule is COC(=O)c1ccc2nc(-c3ccccc3)c(CCC3CC3CO)nc2c1. The van der Waals surface area contributed by atoms with Crippen LogP contribution in [0.15, 0.2) is 48.5 Å². The summed E-state index contributed by atoms with van der Waals surface area (Å²) in [6.07, 6.45) is 2.88. The maximum absolute atomic E-state index is 11.8. The third-order valence-electron chi connectivity index (χ3n) is 5.26. The van der Waals surface area contributed by atoms with Gasteiger partial charge in [-0.15, -0.1) is 0 Å². The number of methoxy groups -OCH3 is 1. The molecule has 0 saturated heterocycles. The molecule has 1 saturated carbocycles. The Kier molecular flexibility index (Phi) is 4.86. The van der Waals surface area contributed by atoms with Gasteiger partial charge in [-0.05, 0) is 49.3 Å². The molecule has 27 heavy (non-hydrogen) atoms. The summed E-state index contributed by atoms with van der Waals surface area (Å²) in [7, 11) is 1.37. The Morgan fingerprint density at radius 2 is 1.93 bits per heavy atom. The fourth-order valence-corrected chi connectivity index (χ4v) is 3.55. The van der Waals surface area contributed by atoms with Gasteiger partial charge in [0.2, 0.25) is 0 Å². The average Bonchev–Trinajstić information content (AvgIpc) is 3.50. The minimum Gasteiger partial charge on any atom is -0.465 e. The van der Waals surface area contributed by atoms with Crippen LogP contribution in [0, 0.1) is 11.8 Å². The Bertz CT molecular complexity index is 972. The van der Waals surface area contributed by atoms with Crippen molar-refractivity contribution in [2.45, 2.75) is 19.3 Å². The van der Waals surface area contributed by atoms with Gasteiger partial charge in [0.15, 0.2) is 0 Å². The molecular weight excluding hydrogens is 340 g/mol. The molecule has 138 valence electrons. The van der Waals surface area contributed by atoms with Gasteiger partial charge in [-0.1, -0.05) is 30.3 Å². The van der Waals surface area contributed by atoms with Crippen molar-refractivity contribution in [3.05, 3.63) is 59.8 Å². The zero-order valence-corrected chi connectivity index (χ0v) is 15.3. The van der Waals surface area contributed by atoms with Gasteiger partial charge in [0, 0.05) is 12.2 Å². The quantitative estimate of drug-likeness (QED) is 0.678. The van der Waals surface area contributed by atoms with Crippen LogP contribution in [0.1, 0.15) is 28.9 Å². The van der Waals surface area contributed by atoms with E-state index < -0.39 is 0 Å². The number of benzene rings is 2. The Balaban J connectivity index is 1.74. The number of carbonyl (C=O) groups is 1. The van der Waals surface area contributed by atoms with E-state index >= 15 is 0 Å². The Hall–Kier alpha value is -2.79. The van der Waals surface area contributed by atoms with Gasteiger partial charge in [-0.25, -0.2) is 14.8 Å². The van der Waals surface area contributed by atoms with Gasteiger partial charge in [0.1, 0.15) is 0 Å². The molecule has 0 aliphatic heterocycles. The number of aryl methyl sites for hydroxylation is 1. The lowest BCUT2D eigenvalue weighted by molar-refractivity contribution is 0.0601. The zero-order valence-electron chi connectivity index (χ0n) is 15.3. The normalized spacial score (nSPS) is 18.4. The Morgan fingerprint density at radius 1 is 1.11 bits per heavy atom. The first-order chi connectivity index (χ1) is 13.2. The first-order valence-electron chi connectivity index (χ1n) is 9.25. The number of esters is 1. The minimum atomic E-state index is -0.379. The number of aliphatic hydroxyl groups is 1. The van der Waals surface area contributed by atoms with Crippen LogP contribution >= 0.6 is 0 Å². The monoisotopic (exact) mass is 362 g/mol. The lowest BCUT2D eigenvalue weighted by Crippen LogP contribution is -2.04. The molecule has 5 nitrogen and oxygen atoms in total. The second kappa shape index (κ2) is 7.45. The summed E-state index contributed by atoms with van der Waals surface area (Å²) < 4.78 is 4.81. The second-order valence-corrected chi connectivity index (χ2v) is 7.06. The molecule has 1 aromatic heterocycles. The fourth-order valence-electron chi connectivity index (χ4n) is 3.55. The summed E-state index contributed by atoms with van der Waals surface area (Å²) in [5.41, 5.74) is 4.77. The van der Waals surface area contributed by atoms with Gasteiger partial charge in [0.05, 0.1) is 35.1 Å². The molecule has 1 aliphatic rings. The van der Waals surface area contributed by atoms with E-state index in [2.05, 4.69) is 0 Å². The summed E-state index contributed by atoms with van der Waals surface area (Å²) >= 11 is 0. The molecule has 2 unspecified atom stereocenters. The number of nitrogens with zero attached hydrogens (tertiary/aromatic N) is 2. The number of rotatable bonds is 6. The maximum atomic E-state index is 11.8. The van der Waals surface area contributed by atoms with E-state index in [9.17, 15) is 9.90 Å². The van der Waals surface area contributed by atoms with Crippen LogP contribution < -0.4 is 0 Å². The third-order valence-corrected chi connectivity index (χ3v) is 5.26. The number of aliphatic hydroxyl groups excluding tert-OH is 1. The topological polar surface area (TPSA) is 72.3 Å². The van der Waals surface area contributed by atoms with Crippen LogP contribution in [0.25, 0.3) is 22.3 Å². The highest BCUT2D eigenvalue weighted by molar-refractivity contribution is 5.93. The van der Waals surface area contributed by atoms with Crippen molar-refractivity contribution < 1.29 is 14.6 Å². The summed E-state index contributed by atoms with van der Waals surface area (Å²) in [6.45, 7) is 0.266. The lowest BCUT2D eigenvalue weighted by Gasteiger charge is -2.11. The van der Waals surface area contributed by atoms with E-state index in [0.29, 0.717) is 22.9 Å². The summed E-state index contributed by atoms with van der Waals surface area (Å²) in [4.78, 5) is 21.5. The van der Waals surface area contributed by atoms with Crippen molar-refractivity contribution in [1.82, 2.24) is 9.97 Å². The molecule has 1 heterocycles. The molecule has 1 N–H and O–H groups in total. The highest BCUT2D eigenvalue weighted by Gasteiger charge is 2.35. The van der Waals surface area contributed by atoms with E-state index in [1.807, 2.05) is 36.4 Å². The van der Waals surface area contributed by atoms with Crippen LogP contribution in [-0.2, 0) is 11.2 Å². The number of ether oxygens (including phenoxy) is 1. The molecule has 0 bridgehead atoms. The van der Waals surface area contributed by atoms with Gasteiger partial charge in [0.25, 0.3) is 0 Å². The van der Waals surface area contributed by atoms with Crippen molar-refractivity contribution in [3.8, 4) is 11.3 Å². The first-order valence-corrected chi connectivity index (χ1v) is 9.25. The molecule has 5 heteroatoms. The van der Waals surface area contributed by atoms with Crippen LogP contribution in [-0.4, -0.2) is 34.8 Å². The smallest absolute Gasteiger partial charge is 0.337 e. The molecule has 0 amide bonds. The maximum Gasteiger partial charge on any atom is 0.337 e. The van der Waals surface area contributed by atoms with Crippen LogP contribution in [0.4, 0.5) is 0 Å². The van der Waals surface area contributed by atoms with Gasteiger partial charge >= 0.3 is 5.97 Å². The summed E-state index contributed by atoms with van der Waals surface area (Å²) in [5, 5.41) is 9.28. The summed E-state index contributed by atoms with van der Waals surface area (Å²) in [5.74, 6) is 0.623. The van der Waals surface area contributed by atoms with E-state index in [0.717, 1.165) is 41.7 Å². The molecule has 4 rings (SSSR count). The van der Waals surface area contributed by atoms with Crippen molar-refractivity contribution in [2.24, 2.45) is 11.8 Å². The molecule has 0 radical (unpaired) electrons. The van der Waals surface area contributed by atoms with Crippen LogP contribution in [0.2, 0.25) is 0 Å². The van der Waals surface area contributed by atoms with Gasteiger partial charge in [-0.2, -0.15) is 0 Å². The highest BCUT2D eigenvalue weighted by Crippen LogP contribution is 2.41. The van der Waals surface area contributed by atoms with E-state index in [-0.39, 0.29) is 12.6 Å². The van der Waals surface area contributed by atoms with Gasteiger partial charge in [-0.3, -0.25) is 0 Å². The molecular formula is C22H22N2O3. The zero-order chi connectivity index (χ0) is 18.8. The van der Waals surface area contributed by atoms with Crippen molar-refractivity contribution in [3.63, 3.8) is 0 Å². The summed E-state index contributed by atoms with van der Waals surface area (Å²) in [6, 6.07) is 15.3. The average molecular weight is 362 g/mol. The molecule has 1 fully saturated rings. The molecule has 3 aromatic rings. The number of hydrogen-bond donors (Lipinski definition) is 1. The second-order valence-electron chi connectivity index (χ2n) is 7.06. The number of aromatic nitrogens is 2. The molecule has 1 aliphatic carbocycles. The van der Waals surface area contributed by atoms with E-state index in [1.165, 1.54) is 7.11 Å². The van der Waals surface area contributed by atoms with Crippen molar-refractivity contribution in [2.75, 3.05) is 13.7 Å². The highest BCUT2D eigenvalue weighted by atomic mass is 16.5. The third kappa shape index (κ3) is 3.69. The number of hydrogen-bond acceptors (Lipinski definition) is 5. The Morgan fingerprint density at radius 3 is 2.63 bits per heavy atom. The largest absolute Gasteiger partial charge is 0.465 e. The predicted molar refractivity (Wildman–Crippen MR) is 103 cm³/mol. The minimum absolute atomic E-state index is 0.266. The standard InChI is InChI=1S/C22H22N2O3/c1-27-22(26)16-8-9-18-20(12-16)23-19(10-7-15-11-17(15)13-25)21(24-18)14-5-3-2-4-6-14/h2-6,8-9,12,15,17,25H,7,10-11,13H2,1H3. The van der Waals surface area contributed by atoms with E-state index in [4.69, 9.17) is 14.7 Å². The Labute approximate surface area is 158 Å². The predicted octanol–water partition coefficient (Wildman–Crippen LogP) is 3.64.